The summed E-state index contributed by atoms with van der Waals surface area (Å²) in [5.74, 6) is 0.597. The van der Waals surface area contributed by atoms with Crippen LogP contribution in [0.25, 0.3) is 0 Å². The van der Waals surface area contributed by atoms with Gasteiger partial charge < -0.3 is 15.2 Å². The van der Waals surface area contributed by atoms with Crippen LogP contribution in [-0.4, -0.2) is 36.5 Å². The van der Waals surface area contributed by atoms with E-state index in [9.17, 15) is 5.11 Å². The maximum absolute atomic E-state index is 9.24. The molecule has 0 aromatic rings. The van der Waals surface area contributed by atoms with E-state index in [-0.39, 0.29) is 11.5 Å². The van der Waals surface area contributed by atoms with Crippen molar-refractivity contribution in [3.05, 3.63) is 0 Å². The maximum atomic E-state index is 9.24. The van der Waals surface area contributed by atoms with Crippen molar-refractivity contribution < 1.29 is 9.84 Å². The monoisotopic (exact) mass is 229 g/mol. The smallest absolute Gasteiger partial charge is 0.0656 e. The number of hydrogen-bond acceptors (Lipinski definition) is 3. The minimum absolute atomic E-state index is 0.184. The molecule has 3 heteroatoms. The third-order valence-electron chi connectivity index (χ3n) is 3.47. The minimum atomic E-state index is -0.272. The van der Waals surface area contributed by atoms with E-state index in [1.807, 2.05) is 6.92 Å². The van der Waals surface area contributed by atoms with E-state index in [4.69, 9.17) is 4.74 Å². The van der Waals surface area contributed by atoms with Crippen molar-refractivity contribution in [3.8, 4) is 0 Å². The molecule has 0 spiro atoms. The van der Waals surface area contributed by atoms with Crippen LogP contribution in [0.3, 0.4) is 0 Å². The molecule has 0 aromatic carbocycles. The van der Waals surface area contributed by atoms with Gasteiger partial charge in [0.05, 0.1) is 12.2 Å². The second-order valence-electron chi connectivity index (χ2n) is 6.08. The minimum Gasteiger partial charge on any atom is -0.392 e. The lowest BCUT2D eigenvalue weighted by Gasteiger charge is -2.52. The maximum Gasteiger partial charge on any atom is 0.0656 e. The predicted molar refractivity (Wildman–Crippen MR) is 66.4 cm³/mol. The van der Waals surface area contributed by atoms with Crippen LogP contribution >= 0.6 is 0 Å². The first-order valence-electron chi connectivity index (χ1n) is 6.37. The zero-order valence-corrected chi connectivity index (χ0v) is 11.3. The highest BCUT2D eigenvalue weighted by Crippen LogP contribution is 2.42. The average molecular weight is 229 g/mol. The molecular formula is C13H27NO2. The summed E-state index contributed by atoms with van der Waals surface area (Å²) in [4.78, 5) is 0. The summed E-state index contributed by atoms with van der Waals surface area (Å²) >= 11 is 0. The van der Waals surface area contributed by atoms with Gasteiger partial charge >= 0.3 is 0 Å². The highest BCUT2D eigenvalue weighted by atomic mass is 16.5. The second-order valence-corrected chi connectivity index (χ2v) is 6.08. The highest BCUT2D eigenvalue weighted by Gasteiger charge is 2.48. The molecule has 0 heterocycles. The molecule has 0 bridgehead atoms. The van der Waals surface area contributed by atoms with Gasteiger partial charge in [-0.05, 0) is 19.3 Å². The number of rotatable bonds is 6. The zero-order chi connectivity index (χ0) is 12.3. The van der Waals surface area contributed by atoms with Gasteiger partial charge in [0.25, 0.3) is 0 Å². The first kappa shape index (κ1) is 13.9. The normalized spacial score (nSPS) is 30.2. The fourth-order valence-electron chi connectivity index (χ4n) is 2.14. The largest absolute Gasteiger partial charge is 0.392 e. The Morgan fingerprint density at radius 3 is 2.44 bits per heavy atom. The van der Waals surface area contributed by atoms with Crippen molar-refractivity contribution in [3.63, 3.8) is 0 Å². The standard InChI is InChI=1S/C13H27NO2/c1-9(2)8-16-12-6-11(13(12,4)5)14-7-10(3)15/h9-12,14-15H,6-8H2,1-5H3. The summed E-state index contributed by atoms with van der Waals surface area (Å²) in [6.07, 6.45) is 1.15. The van der Waals surface area contributed by atoms with Gasteiger partial charge in [0.1, 0.15) is 0 Å². The molecule has 1 aliphatic carbocycles. The van der Waals surface area contributed by atoms with Crippen LogP contribution < -0.4 is 5.32 Å². The van der Waals surface area contributed by atoms with Crippen LogP contribution in [0, 0.1) is 11.3 Å². The van der Waals surface area contributed by atoms with E-state index in [1.165, 1.54) is 0 Å². The quantitative estimate of drug-likeness (QED) is 0.729. The lowest BCUT2D eigenvalue weighted by molar-refractivity contribution is -0.124. The number of nitrogens with one attached hydrogen (secondary N) is 1. The van der Waals surface area contributed by atoms with Crippen molar-refractivity contribution in [2.24, 2.45) is 11.3 Å². The van der Waals surface area contributed by atoms with Crippen molar-refractivity contribution >= 4 is 0 Å². The third kappa shape index (κ3) is 3.44. The number of aliphatic hydroxyl groups is 1. The summed E-state index contributed by atoms with van der Waals surface area (Å²) < 4.78 is 5.89. The third-order valence-corrected chi connectivity index (χ3v) is 3.47. The van der Waals surface area contributed by atoms with Gasteiger partial charge in [-0.1, -0.05) is 27.7 Å². The van der Waals surface area contributed by atoms with E-state index in [0.717, 1.165) is 13.0 Å². The first-order chi connectivity index (χ1) is 7.34. The Kier molecular flexibility index (Phi) is 4.77. The van der Waals surface area contributed by atoms with Crippen molar-refractivity contribution in [1.29, 1.82) is 0 Å². The summed E-state index contributed by atoms with van der Waals surface area (Å²) in [6, 6.07) is 0.472. The molecule has 96 valence electrons. The Morgan fingerprint density at radius 2 is 2.00 bits per heavy atom. The van der Waals surface area contributed by atoms with Crippen molar-refractivity contribution in [2.75, 3.05) is 13.2 Å². The molecule has 0 aromatic heterocycles. The molecule has 2 N–H and O–H groups in total. The summed E-state index contributed by atoms with van der Waals surface area (Å²) in [5.41, 5.74) is 0.184. The summed E-state index contributed by atoms with van der Waals surface area (Å²) in [7, 11) is 0. The van der Waals surface area contributed by atoms with Gasteiger partial charge in [-0.25, -0.2) is 0 Å². The van der Waals surface area contributed by atoms with Crippen LogP contribution in [0.4, 0.5) is 0 Å². The van der Waals surface area contributed by atoms with E-state index in [1.54, 1.807) is 0 Å². The van der Waals surface area contributed by atoms with Crippen LogP contribution in [-0.2, 0) is 4.74 Å². The van der Waals surface area contributed by atoms with Crippen molar-refractivity contribution in [1.82, 2.24) is 5.32 Å². The molecule has 3 atom stereocenters. The van der Waals surface area contributed by atoms with E-state index >= 15 is 0 Å². The molecule has 3 nitrogen and oxygen atoms in total. The highest BCUT2D eigenvalue weighted by molar-refractivity contribution is 5.02. The van der Waals surface area contributed by atoms with Crippen molar-refractivity contribution in [2.45, 2.75) is 59.3 Å². The van der Waals surface area contributed by atoms with Gasteiger partial charge in [-0.3, -0.25) is 0 Å². The van der Waals surface area contributed by atoms with Crippen LogP contribution in [0.2, 0.25) is 0 Å². The Hall–Kier alpha value is -0.120. The number of hydrogen-bond donors (Lipinski definition) is 2. The second kappa shape index (κ2) is 5.48. The molecule has 1 fully saturated rings. The van der Waals surface area contributed by atoms with Gasteiger partial charge in [0.2, 0.25) is 0 Å². The fraction of sp³-hybridized carbons (Fsp3) is 1.00. The van der Waals surface area contributed by atoms with E-state index in [2.05, 4.69) is 33.0 Å². The summed E-state index contributed by atoms with van der Waals surface area (Å²) in [6.45, 7) is 12.2. The lowest BCUT2D eigenvalue weighted by atomic mass is 9.64. The molecule has 1 aliphatic rings. The van der Waals surface area contributed by atoms with Gasteiger partial charge in [-0.2, -0.15) is 0 Å². The molecular weight excluding hydrogens is 202 g/mol. The number of aliphatic hydroxyl groups excluding tert-OH is 1. The topological polar surface area (TPSA) is 41.5 Å². The SMILES string of the molecule is CC(C)COC1CC(NCC(C)O)C1(C)C. The van der Waals surface area contributed by atoms with Gasteiger partial charge in [0.15, 0.2) is 0 Å². The molecule has 0 amide bonds. The molecule has 1 saturated carbocycles. The molecule has 0 saturated heterocycles. The Labute approximate surface area is 99.6 Å². The Bertz CT molecular complexity index is 194. The molecule has 16 heavy (non-hydrogen) atoms. The van der Waals surface area contributed by atoms with Crippen LogP contribution in [0.5, 0.6) is 0 Å². The van der Waals surface area contributed by atoms with E-state index < -0.39 is 0 Å². The predicted octanol–water partition coefficient (Wildman–Crippen LogP) is 1.80. The van der Waals surface area contributed by atoms with Gasteiger partial charge in [-0.15, -0.1) is 0 Å². The van der Waals surface area contributed by atoms with E-state index in [0.29, 0.717) is 24.6 Å². The molecule has 0 radical (unpaired) electrons. The number of ether oxygens (including phenoxy) is 1. The molecule has 3 unspecified atom stereocenters. The Morgan fingerprint density at radius 1 is 1.38 bits per heavy atom. The first-order valence-corrected chi connectivity index (χ1v) is 6.37. The van der Waals surface area contributed by atoms with Gasteiger partial charge in [0, 0.05) is 24.6 Å². The average Bonchev–Trinajstić information content (AvgIpc) is 2.14. The zero-order valence-electron chi connectivity index (χ0n) is 11.3. The van der Waals surface area contributed by atoms with Crippen LogP contribution in [0.1, 0.15) is 41.0 Å². The Balaban J connectivity index is 2.29. The summed E-state index contributed by atoms with van der Waals surface area (Å²) in [5, 5.41) is 12.6. The molecule has 0 aliphatic heterocycles. The fourth-order valence-corrected chi connectivity index (χ4v) is 2.14. The molecule has 1 rings (SSSR count). The lowest BCUT2D eigenvalue weighted by Crippen LogP contribution is -2.61. The van der Waals surface area contributed by atoms with Crippen LogP contribution in [0.15, 0.2) is 0 Å².